The molecule has 1 amide bonds. The van der Waals surface area contributed by atoms with E-state index in [1.165, 1.54) is 60.7 Å². The molecule has 0 aliphatic carbocycles. The fourth-order valence-corrected chi connectivity index (χ4v) is 3.82. The maximum atomic E-state index is 12.5. The Bertz CT molecular complexity index is 1260. The molecule has 0 bridgehead atoms. The van der Waals surface area contributed by atoms with E-state index in [1.807, 2.05) is 0 Å². The first-order valence-corrected chi connectivity index (χ1v) is 10.7. The summed E-state index contributed by atoms with van der Waals surface area (Å²) in [6.45, 7) is 0. The molecule has 3 rings (SSSR count). The predicted molar refractivity (Wildman–Crippen MR) is 119 cm³/mol. The molecule has 0 aromatic heterocycles. The van der Waals surface area contributed by atoms with Crippen LogP contribution in [0.3, 0.4) is 0 Å². The maximum Gasteiger partial charge on any atom is 0.270 e. The van der Waals surface area contributed by atoms with Gasteiger partial charge in [-0.1, -0.05) is 29.8 Å². The average Bonchev–Trinajstić information content (AvgIpc) is 2.72. The molecule has 0 saturated carbocycles. The summed E-state index contributed by atoms with van der Waals surface area (Å²) in [5.41, 5.74) is 1.13. The summed E-state index contributed by atoms with van der Waals surface area (Å²) in [5.74, 6) is -0.473. The van der Waals surface area contributed by atoms with E-state index >= 15 is 0 Å². The lowest BCUT2D eigenvalue weighted by Crippen LogP contribution is -2.13. The summed E-state index contributed by atoms with van der Waals surface area (Å²) in [6, 6.07) is 17.8. The van der Waals surface area contributed by atoms with Crippen LogP contribution in [0.2, 0.25) is 5.02 Å². The number of anilines is 2. The highest BCUT2D eigenvalue weighted by atomic mass is 35.5. The van der Waals surface area contributed by atoms with Crippen LogP contribution in [-0.2, 0) is 14.8 Å². The van der Waals surface area contributed by atoms with E-state index in [2.05, 4.69) is 10.0 Å². The van der Waals surface area contributed by atoms with Crippen molar-refractivity contribution in [2.24, 2.45) is 0 Å². The number of sulfonamides is 1. The number of halogens is 1. The lowest BCUT2D eigenvalue weighted by Gasteiger charge is -2.09. The van der Waals surface area contributed by atoms with Crippen molar-refractivity contribution >= 4 is 50.7 Å². The van der Waals surface area contributed by atoms with Crippen LogP contribution < -0.4 is 10.0 Å². The monoisotopic (exact) mass is 457 g/mol. The van der Waals surface area contributed by atoms with Crippen LogP contribution >= 0.6 is 11.6 Å². The normalized spacial score (nSPS) is 11.3. The number of nitro groups is 1. The Morgan fingerprint density at radius 3 is 2.35 bits per heavy atom. The van der Waals surface area contributed by atoms with Gasteiger partial charge in [-0.2, -0.15) is 0 Å². The van der Waals surface area contributed by atoms with E-state index in [4.69, 9.17) is 11.6 Å². The quantitative estimate of drug-likeness (QED) is 0.303. The molecule has 3 aromatic rings. The number of amides is 1. The van der Waals surface area contributed by atoms with Crippen molar-refractivity contribution in [3.05, 3.63) is 99.6 Å². The minimum absolute atomic E-state index is 0.0117. The molecule has 0 heterocycles. The average molecular weight is 458 g/mol. The molecule has 3 aromatic carbocycles. The fraction of sp³-hybridized carbons (Fsp3) is 0. The number of hydrogen-bond acceptors (Lipinski definition) is 5. The number of benzene rings is 3. The number of carbonyl (C=O) groups excluding carboxylic acids is 1. The van der Waals surface area contributed by atoms with Gasteiger partial charge in [-0.3, -0.25) is 19.6 Å². The van der Waals surface area contributed by atoms with Gasteiger partial charge in [-0.05, 0) is 54.1 Å². The molecule has 8 nitrogen and oxygen atoms in total. The molecule has 158 valence electrons. The minimum atomic E-state index is -3.82. The van der Waals surface area contributed by atoms with Gasteiger partial charge in [-0.15, -0.1) is 0 Å². The third kappa shape index (κ3) is 6.14. The minimum Gasteiger partial charge on any atom is -0.323 e. The van der Waals surface area contributed by atoms with E-state index in [9.17, 15) is 23.3 Å². The van der Waals surface area contributed by atoms with Gasteiger partial charge in [0.05, 0.1) is 15.5 Å². The zero-order chi connectivity index (χ0) is 22.4. The molecule has 2 N–H and O–H groups in total. The molecule has 10 heteroatoms. The Kier molecular flexibility index (Phi) is 6.68. The SMILES string of the molecule is O=C(/C=C/c1cccc([N+](=O)[O-])c1)Nc1ccc(S(=O)(=O)Nc2cccc(Cl)c2)cc1. The fourth-order valence-electron chi connectivity index (χ4n) is 2.58. The van der Waals surface area contributed by atoms with Crippen molar-refractivity contribution in [2.75, 3.05) is 10.0 Å². The first-order chi connectivity index (χ1) is 14.7. The predicted octanol–water partition coefficient (Wildman–Crippen LogP) is 4.70. The van der Waals surface area contributed by atoms with Crippen molar-refractivity contribution in [3.8, 4) is 0 Å². The van der Waals surface area contributed by atoms with Crippen molar-refractivity contribution in [1.82, 2.24) is 0 Å². The maximum absolute atomic E-state index is 12.5. The van der Waals surface area contributed by atoms with E-state index in [0.29, 0.717) is 22.0 Å². The van der Waals surface area contributed by atoms with Gasteiger partial charge in [0.2, 0.25) is 5.91 Å². The van der Waals surface area contributed by atoms with Gasteiger partial charge < -0.3 is 5.32 Å². The topological polar surface area (TPSA) is 118 Å². The van der Waals surface area contributed by atoms with Crippen LogP contribution in [-0.4, -0.2) is 19.2 Å². The molecule has 0 radical (unpaired) electrons. The zero-order valence-corrected chi connectivity index (χ0v) is 17.4. The molecular formula is C21H16ClN3O5S. The number of nitro benzene ring substituents is 1. The molecular weight excluding hydrogens is 442 g/mol. The summed E-state index contributed by atoms with van der Waals surface area (Å²) < 4.78 is 27.4. The molecule has 0 atom stereocenters. The van der Waals surface area contributed by atoms with E-state index < -0.39 is 20.9 Å². The van der Waals surface area contributed by atoms with Crippen LogP contribution in [0.5, 0.6) is 0 Å². The molecule has 0 saturated heterocycles. The lowest BCUT2D eigenvalue weighted by molar-refractivity contribution is -0.384. The van der Waals surface area contributed by atoms with Gasteiger partial charge in [0, 0.05) is 28.9 Å². The Balaban J connectivity index is 1.65. The highest BCUT2D eigenvalue weighted by Gasteiger charge is 2.14. The number of non-ortho nitro benzene ring substituents is 1. The van der Waals surface area contributed by atoms with Crippen molar-refractivity contribution in [2.45, 2.75) is 4.90 Å². The Morgan fingerprint density at radius 1 is 0.968 bits per heavy atom. The number of rotatable bonds is 7. The summed E-state index contributed by atoms with van der Waals surface area (Å²) in [6.07, 6.45) is 2.67. The molecule has 0 spiro atoms. The van der Waals surface area contributed by atoms with Gasteiger partial charge in [-0.25, -0.2) is 8.42 Å². The summed E-state index contributed by atoms with van der Waals surface area (Å²) in [7, 11) is -3.82. The number of hydrogen-bond donors (Lipinski definition) is 2. The second kappa shape index (κ2) is 9.41. The Labute approximate surface area is 183 Å². The lowest BCUT2D eigenvalue weighted by atomic mass is 10.2. The number of nitrogens with zero attached hydrogens (tertiary/aromatic N) is 1. The Hall–Kier alpha value is -3.69. The first kappa shape index (κ1) is 22.0. The molecule has 0 aliphatic rings. The van der Waals surface area contributed by atoms with Gasteiger partial charge in [0.1, 0.15) is 0 Å². The third-order valence-corrected chi connectivity index (χ3v) is 5.65. The van der Waals surface area contributed by atoms with Gasteiger partial charge in [0.15, 0.2) is 0 Å². The highest BCUT2D eigenvalue weighted by Crippen LogP contribution is 2.21. The Morgan fingerprint density at radius 2 is 1.68 bits per heavy atom. The summed E-state index contributed by atoms with van der Waals surface area (Å²) in [4.78, 5) is 22.4. The second-order valence-electron chi connectivity index (χ2n) is 6.31. The number of nitrogens with one attached hydrogen (secondary N) is 2. The van der Waals surface area contributed by atoms with Crippen molar-refractivity contribution in [1.29, 1.82) is 0 Å². The second-order valence-corrected chi connectivity index (χ2v) is 8.43. The molecule has 0 fully saturated rings. The van der Waals surface area contributed by atoms with Crippen LogP contribution in [0.4, 0.5) is 17.1 Å². The van der Waals surface area contributed by atoms with E-state index in [0.717, 1.165) is 0 Å². The van der Waals surface area contributed by atoms with Gasteiger partial charge in [0.25, 0.3) is 15.7 Å². The standard InChI is InChI=1S/C21H16ClN3O5S/c22-16-4-2-5-18(14-16)24-31(29,30)20-10-8-17(9-11-20)23-21(26)12-7-15-3-1-6-19(13-15)25(27)28/h1-14,24H,(H,23,26)/b12-7+. The number of carbonyl (C=O) groups is 1. The zero-order valence-electron chi connectivity index (χ0n) is 15.9. The van der Waals surface area contributed by atoms with Crippen LogP contribution in [0.1, 0.15) is 5.56 Å². The molecule has 31 heavy (non-hydrogen) atoms. The summed E-state index contributed by atoms with van der Waals surface area (Å²) in [5, 5.41) is 13.8. The van der Waals surface area contributed by atoms with Crippen molar-refractivity contribution in [3.63, 3.8) is 0 Å². The van der Waals surface area contributed by atoms with Crippen LogP contribution in [0.25, 0.3) is 6.08 Å². The van der Waals surface area contributed by atoms with Crippen molar-refractivity contribution < 1.29 is 18.1 Å². The van der Waals surface area contributed by atoms with Gasteiger partial charge >= 0.3 is 0 Å². The molecule has 0 unspecified atom stereocenters. The van der Waals surface area contributed by atoms with E-state index in [1.54, 1.807) is 24.3 Å². The third-order valence-electron chi connectivity index (χ3n) is 4.02. The summed E-state index contributed by atoms with van der Waals surface area (Å²) >= 11 is 5.86. The van der Waals surface area contributed by atoms with E-state index in [-0.39, 0.29) is 10.6 Å². The van der Waals surface area contributed by atoms with Crippen LogP contribution in [0.15, 0.2) is 83.8 Å². The largest absolute Gasteiger partial charge is 0.323 e. The molecule has 0 aliphatic heterocycles. The van der Waals surface area contributed by atoms with Crippen LogP contribution in [0, 0.1) is 10.1 Å². The first-order valence-electron chi connectivity index (χ1n) is 8.85. The smallest absolute Gasteiger partial charge is 0.270 e. The highest BCUT2D eigenvalue weighted by molar-refractivity contribution is 7.92.